The molecule has 1 aromatic heterocycles. The third kappa shape index (κ3) is 3.66. The number of carbonyl (C=O) groups excluding carboxylic acids is 1. The van der Waals surface area contributed by atoms with Crippen LogP contribution in [0.25, 0.3) is 0 Å². The van der Waals surface area contributed by atoms with Crippen LogP contribution in [0, 0.1) is 0 Å². The van der Waals surface area contributed by atoms with Gasteiger partial charge in [0.15, 0.2) is 0 Å². The molecule has 0 saturated carbocycles. The Balaban J connectivity index is 2.61. The summed E-state index contributed by atoms with van der Waals surface area (Å²) in [4.78, 5) is 27.7. The van der Waals surface area contributed by atoms with Gasteiger partial charge in [0.05, 0.1) is 6.54 Å². The number of rotatable bonds is 5. The number of thiazole rings is 1. The maximum Gasteiger partial charge on any atom is 0.331 e. The first-order chi connectivity index (χ1) is 8.45. The van der Waals surface area contributed by atoms with Crippen molar-refractivity contribution in [2.45, 2.75) is 33.7 Å². The van der Waals surface area contributed by atoms with Crippen LogP contribution in [0.5, 0.6) is 0 Å². The van der Waals surface area contributed by atoms with E-state index in [4.69, 9.17) is 5.11 Å². The summed E-state index contributed by atoms with van der Waals surface area (Å²) in [5.41, 5.74) is 0.274. The van der Waals surface area contributed by atoms with Gasteiger partial charge in [-0.2, -0.15) is 0 Å². The molecule has 0 aromatic carbocycles. The Labute approximate surface area is 110 Å². The van der Waals surface area contributed by atoms with Crippen molar-refractivity contribution in [3.63, 3.8) is 0 Å². The van der Waals surface area contributed by atoms with E-state index in [-0.39, 0.29) is 17.1 Å². The van der Waals surface area contributed by atoms with Crippen LogP contribution in [0.3, 0.4) is 0 Å². The summed E-state index contributed by atoms with van der Waals surface area (Å²) in [6, 6.07) is 0. The molecule has 1 amide bonds. The topological polar surface area (TPSA) is 79.3 Å². The second-order valence-electron chi connectivity index (χ2n) is 3.81. The molecule has 1 rings (SSSR count). The van der Waals surface area contributed by atoms with Crippen molar-refractivity contribution in [2.24, 2.45) is 0 Å². The lowest BCUT2D eigenvalue weighted by molar-refractivity contribution is -0.133. The molecule has 0 unspecified atom stereocenters. The summed E-state index contributed by atoms with van der Waals surface area (Å²) in [5.74, 6) is -1.45. The van der Waals surface area contributed by atoms with Gasteiger partial charge in [0, 0.05) is 22.2 Å². The number of aryl methyl sites for hydroxylation is 1. The number of nitrogens with zero attached hydrogens (tertiary/aromatic N) is 1. The fourth-order valence-electron chi connectivity index (χ4n) is 1.21. The molecule has 0 fully saturated rings. The first kappa shape index (κ1) is 14.4. The molecule has 98 valence electrons. The average molecular weight is 268 g/mol. The average Bonchev–Trinajstić information content (AvgIpc) is 2.81. The van der Waals surface area contributed by atoms with Gasteiger partial charge >= 0.3 is 5.97 Å². The van der Waals surface area contributed by atoms with Crippen LogP contribution in [-0.2, 0) is 22.6 Å². The van der Waals surface area contributed by atoms with Crippen LogP contribution in [0.15, 0.2) is 17.3 Å². The highest BCUT2D eigenvalue weighted by molar-refractivity contribution is 7.11. The van der Waals surface area contributed by atoms with Crippen LogP contribution >= 0.6 is 11.3 Å². The normalized spacial score (nSPS) is 11.9. The highest BCUT2D eigenvalue weighted by Gasteiger charge is 2.12. The molecule has 0 atom stereocenters. The van der Waals surface area contributed by atoms with Gasteiger partial charge in [0.1, 0.15) is 5.01 Å². The highest BCUT2D eigenvalue weighted by atomic mass is 32.1. The summed E-state index contributed by atoms with van der Waals surface area (Å²) in [7, 11) is 0. The first-order valence-corrected chi connectivity index (χ1v) is 6.39. The Morgan fingerprint density at radius 1 is 1.39 bits per heavy atom. The maximum absolute atomic E-state index is 11.7. The van der Waals surface area contributed by atoms with Crippen molar-refractivity contribution >= 4 is 23.2 Å². The van der Waals surface area contributed by atoms with Crippen LogP contribution < -0.4 is 5.32 Å². The molecule has 2 N–H and O–H groups in total. The van der Waals surface area contributed by atoms with Gasteiger partial charge in [0.2, 0.25) is 5.91 Å². The largest absolute Gasteiger partial charge is 0.478 e. The van der Waals surface area contributed by atoms with E-state index in [2.05, 4.69) is 10.3 Å². The fourth-order valence-corrected chi connectivity index (χ4v) is 2.01. The Kier molecular flexibility index (Phi) is 5.03. The monoisotopic (exact) mass is 268 g/mol. The molecule has 1 aromatic rings. The van der Waals surface area contributed by atoms with Crippen molar-refractivity contribution in [1.82, 2.24) is 10.3 Å². The Morgan fingerprint density at radius 3 is 2.56 bits per heavy atom. The lowest BCUT2D eigenvalue weighted by Crippen LogP contribution is -2.25. The van der Waals surface area contributed by atoms with Gasteiger partial charge in [-0.1, -0.05) is 6.92 Å². The Bertz CT molecular complexity index is 491. The standard InChI is InChI=1S/C12H16N2O3S/c1-4-9-5-13-10(18-9)6-14-11(15)7(2)8(3)12(16)17/h5H,4,6H2,1-3H3,(H,14,15)(H,16,17). The van der Waals surface area contributed by atoms with E-state index in [1.807, 2.05) is 6.92 Å². The molecule has 18 heavy (non-hydrogen) atoms. The predicted octanol–water partition coefficient (Wildman–Crippen LogP) is 1.74. The number of carboxylic acids is 1. The molecule has 1 heterocycles. The molecule has 5 nitrogen and oxygen atoms in total. The molecule has 0 radical (unpaired) electrons. The lowest BCUT2D eigenvalue weighted by Gasteiger charge is -2.05. The minimum atomic E-state index is -1.08. The predicted molar refractivity (Wildman–Crippen MR) is 69.3 cm³/mol. The number of aromatic nitrogens is 1. The Morgan fingerprint density at radius 2 is 2.06 bits per heavy atom. The van der Waals surface area contributed by atoms with Gasteiger partial charge < -0.3 is 10.4 Å². The zero-order valence-electron chi connectivity index (χ0n) is 10.6. The van der Waals surface area contributed by atoms with E-state index in [1.54, 1.807) is 17.5 Å². The molecule has 6 heteroatoms. The summed E-state index contributed by atoms with van der Waals surface area (Å²) < 4.78 is 0. The van der Waals surface area contributed by atoms with Crippen molar-refractivity contribution in [3.05, 3.63) is 27.2 Å². The zero-order chi connectivity index (χ0) is 13.7. The molecule has 0 bridgehead atoms. The van der Waals surface area contributed by atoms with Crippen molar-refractivity contribution in [2.75, 3.05) is 0 Å². The van der Waals surface area contributed by atoms with Crippen LogP contribution in [0.1, 0.15) is 30.7 Å². The minimum absolute atomic E-state index is 0.0564. The van der Waals surface area contributed by atoms with E-state index in [1.165, 1.54) is 13.8 Å². The number of hydrogen-bond acceptors (Lipinski definition) is 4. The van der Waals surface area contributed by atoms with Gasteiger partial charge in [0.25, 0.3) is 0 Å². The highest BCUT2D eigenvalue weighted by Crippen LogP contribution is 2.13. The summed E-state index contributed by atoms with van der Waals surface area (Å²) in [6.45, 7) is 5.28. The molecular weight excluding hydrogens is 252 g/mol. The van der Waals surface area contributed by atoms with Gasteiger partial charge in [-0.25, -0.2) is 9.78 Å². The third-order valence-electron chi connectivity index (χ3n) is 2.57. The summed E-state index contributed by atoms with van der Waals surface area (Å²) in [5, 5.41) is 12.3. The second kappa shape index (κ2) is 6.30. The van der Waals surface area contributed by atoms with Crippen LogP contribution in [-0.4, -0.2) is 22.0 Å². The summed E-state index contributed by atoms with van der Waals surface area (Å²) in [6.07, 6.45) is 2.71. The van der Waals surface area contributed by atoms with Crippen LogP contribution in [0.4, 0.5) is 0 Å². The number of carboxylic acid groups (broad SMARTS) is 1. The molecule has 0 saturated heterocycles. The second-order valence-corrected chi connectivity index (χ2v) is 5.01. The number of amides is 1. The van der Waals surface area contributed by atoms with Crippen molar-refractivity contribution in [1.29, 1.82) is 0 Å². The van der Waals surface area contributed by atoms with Crippen molar-refractivity contribution in [3.8, 4) is 0 Å². The smallest absolute Gasteiger partial charge is 0.331 e. The number of carbonyl (C=O) groups is 2. The molecule has 0 spiro atoms. The van der Waals surface area contributed by atoms with E-state index in [0.717, 1.165) is 16.3 Å². The number of nitrogens with one attached hydrogen (secondary N) is 1. The van der Waals surface area contributed by atoms with Gasteiger partial charge in [-0.3, -0.25) is 4.79 Å². The van der Waals surface area contributed by atoms with Gasteiger partial charge in [-0.15, -0.1) is 11.3 Å². The van der Waals surface area contributed by atoms with E-state index in [0.29, 0.717) is 6.54 Å². The lowest BCUT2D eigenvalue weighted by atomic mass is 10.1. The molecule has 0 aliphatic heterocycles. The van der Waals surface area contributed by atoms with E-state index < -0.39 is 5.97 Å². The third-order valence-corrected chi connectivity index (χ3v) is 3.72. The molecule has 0 aliphatic rings. The zero-order valence-corrected chi connectivity index (χ0v) is 11.4. The summed E-state index contributed by atoms with van der Waals surface area (Å²) >= 11 is 1.54. The molecule has 0 aliphatic carbocycles. The number of aliphatic carboxylic acids is 1. The Hall–Kier alpha value is -1.69. The minimum Gasteiger partial charge on any atom is -0.478 e. The quantitative estimate of drug-likeness (QED) is 0.797. The SMILES string of the molecule is CCc1cnc(CNC(=O)C(C)=C(C)C(=O)O)s1. The van der Waals surface area contributed by atoms with E-state index in [9.17, 15) is 9.59 Å². The van der Waals surface area contributed by atoms with Crippen LogP contribution in [0.2, 0.25) is 0 Å². The van der Waals surface area contributed by atoms with Crippen molar-refractivity contribution < 1.29 is 14.7 Å². The fraction of sp³-hybridized carbons (Fsp3) is 0.417. The van der Waals surface area contributed by atoms with E-state index >= 15 is 0 Å². The first-order valence-electron chi connectivity index (χ1n) is 5.58. The molecular formula is C12H16N2O3S. The number of hydrogen-bond donors (Lipinski definition) is 2. The maximum atomic E-state index is 11.7. The van der Waals surface area contributed by atoms with Gasteiger partial charge in [-0.05, 0) is 20.3 Å².